The van der Waals surface area contributed by atoms with Gasteiger partial charge in [-0.1, -0.05) is 6.92 Å². The monoisotopic (exact) mass is 876 g/mol. The molecule has 1 unspecified atom stereocenters. The zero-order valence-corrected chi connectivity index (χ0v) is 25.4. The van der Waals surface area contributed by atoms with Gasteiger partial charge >= 0.3 is 6.18 Å². The van der Waals surface area contributed by atoms with E-state index in [1.165, 1.54) is 4.57 Å². The van der Waals surface area contributed by atoms with Crippen molar-refractivity contribution in [3.63, 3.8) is 0 Å². The van der Waals surface area contributed by atoms with E-state index < -0.39 is 12.0 Å². The fourth-order valence-corrected chi connectivity index (χ4v) is 5.13. The van der Waals surface area contributed by atoms with Gasteiger partial charge in [0.05, 0.1) is 12.1 Å². The summed E-state index contributed by atoms with van der Waals surface area (Å²) in [5.41, 5.74) is 5.85. The van der Waals surface area contributed by atoms with Gasteiger partial charge in [0, 0.05) is 101 Å². The molecule has 1 saturated carbocycles. The van der Waals surface area contributed by atoms with Gasteiger partial charge in [0.15, 0.2) is 0 Å². The summed E-state index contributed by atoms with van der Waals surface area (Å²) in [5.74, 6) is 0.0273. The van der Waals surface area contributed by atoms with E-state index in [-0.39, 0.29) is 86.3 Å². The van der Waals surface area contributed by atoms with Crippen LogP contribution in [0, 0.1) is 68.1 Å². The van der Waals surface area contributed by atoms with Crippen LogP contribution in [0.25, 0.3) is 0 Å². The quantitative estimate of drug-likeness (QED) is 0.501. The first-order valence-electron chi connectivity index (χ1n) is 9.97. The van der Waals surface area contributed by atoms with Gasteiger partial charge in [-0.3, -0.25) is 9.69 Å². The second kappa shape index (κ2) is 10.1. The summed E-state index contributed by atoms with van der Waals surface area (Å²) in [6.45, 7) is 4.50. The number of carbonyl (C=O) groups excluding carboxylic acids is 1. The molecule has 12 heteroatoms. The van der Waals surface area contributed by atoms with E-state index in [4.69, 9.17) is 5.73 Å². The van der Waals surface area contributed by atoms with Gasteiger partial charge in [-0.15, -0.1) is 10.2 Å². The molecule has 4 rings (SSSR count). The Bertz CT molecular complexity index is 751. The van der Waals surface area contributed by atoms with Gasteiger partial charge in [-0.25, -0.2) is 0 Å². The molecule has 2 fully saturated rings. The number of rotatable bonds is 3. The smallest absolute Gasteiger partial charge is 0.335 e. The van der Waals surface area contributed by atoms with Crippen molar-refractivity contribution in [1.82, 2.24) is 24.6 Å². The number of nitrogens with two attached hydrogens (primary N) is 1. The van der Waals surface area contributed by atoms with Crippen molar-refractivity contribution in [2.45, 2.75) is 69.9 Å². The third kappa shape index (κ3) is 4.99. The van der Waals surface area contributed by atoms with Crippen LogP contribution in [0.5, 0.6) is 0 Å². The number of nitrogens with zero attached hydrogens (tertiary/aromatic N) is 5. The van der Waals surface area contributed by atoms with Crippen molar-refractivity contribution >= 4 is 5.91 Å². The van der Waals surface area contributed by atoms with Crippen LogP contribution in [0.1, 0.15) is 50.7 Å². The van der Waals surface area contributed by atoms with Crippen LogP contribution in [0.4, 0.5) is 13.2 Å². The Morgan fingerprint density at radius 3 is 2.37 bits per heavy atom. The zero-order chi connectivity index (χ0) is 20.1. The Kier molecular flexibility index (Phi) is 9.01. The minimum absolute atomic E-state index is 0. The van der Waals surface area contributed by atoms with Crippen LogP contribution in [-0.2, 0) is 24.1 Å². The van der Waals surface area contributed by atoms with E-state index in [0.717, 1.165) is 32.2 Å². The van der Waals surface area contributed by atoms with E-state index in [1.807, 2.05) is 4.90 Å². The zero-order valence-electron chi connectivity index (χ0n) is 17.1. The molecule has 1 saturated heterocycles. The number of hydrogen-bond donors (Lipinski definition) is 1. The normalized spacial score (nSPS) is 29.9. The molecule has 0 bridgehead atoms. The number of halogens is 3. The van der Waals surface area contributed by atoms with Crippen molar-refractivity contribution < 1.29 is 80.2 Å². The van der Waals surface area contributed by atoms with Crippen molar-refractivity contribution in [3.05, 3.63) is 11.6 Å². The first kappa shape index (κ1) is 26.7. The van der Waals surface area contributed by atoms with Crippen LogP contribution in [0.2, 0.25) is 0 Å². The summed E-state index contributed by atoms with van der Waals surface area (Å²) in [6.07, 6.45) is -0.439. The topological polar surface area (TPSA) is 80.3 Å². The molecule has 1 aromatic heterocycles. The van der Waals surface area contributed by atoms with Crippen LogP contribution in [0.3, 0.4) is 0 Å². The molecule has 7 nitrogen and oxygen atoms in total. The Balaban J connectivity index is 0.00000160. The first-order chi connectivity index (χ1) is 13.2. The number of likely N-dealkylation sites (tertiary alicyclic amines) is 1. The third-order valence-corrected chi connectivity index (χ3v) is 6.71. The van der Waals surface area contributed by atoms with E-state index in [9.17, 15) is 18.0 Å². The molecule has 1 amide bonds. The summed E-state index contributed by atoms with van der Waals surface area (Å²) in [6, 6.07) is 0.273. The first-order valence-corrected chi connectivity index (χ1v) is 9.97. The molecule has 1 aromatic rings. The Morgan fingerprint density at radius 2 is 1.83 bits per heavy atom. The summed E-state index contributed by atoms with van der Waals surface area (Å²) in [7, 11) is 0. The summed E-state index contributed by atoms with van der Waals surface area (Å²) in [5, 5.41) is 7.13. The molecule has 1 atom stereocenters. The van der Waals surface area contributed by atoms with Crippen LogP contribution < -0.4 is 5.73 Å². The summed E-state index contributed by atoms with van der Waals surface area (Å²) >= 11 is 0. The predicted molar refractivity (Wildman–Crippen MR) is 95.0 cm³/mol. The molecule has 1 aliphatic carbocycles. The minimum Gasteiger partial charge on any atom is -0.335 e. The summed E-state index contributed by atoms with van der Waals surface area (Å²) < 4.78 is 40.2. The Labute approximate surface area is 221 Å². The van der Waals surface area contributed by atoms with Gasteiger partial charge in [0.2, 0.25) is 11.7 Å². The summed E-state index contributed by atoms with van der Waals surface area (Å²) in [4.78, 5) is 16.6. The SMILES string of the molecule is CC1CC(=O)N(C2(CN)CCC(N3CCn4c(nnc4C(F)(F)F)C3)CC2)C1.[U].[U]. The van der Waals surface area contributed by atoms with Gasteiger partial charge in [0.1, 0.15) is 5.82 Å². The maximum Gasteiger partial charge on any atom is 0.451 e. The van der Waals surface area contributed by atoms with Crippen molar-refractivity contribution in [2.24, 2.45) is 11.7 Å². The van der Waals surface area contributed by atoms with Crippen molar-refractivity contribution in [3.8, 4) is 0 Å². The number of alkyl halides is 3. The van der Waals surface area contributed by atoms with Gasteiger partial charge in [0.25, 0.3) is 0 Å². The fourth-order valence-electron chi connectivity index (χ4n) is 5.13. The average Bonchev–Trinajstić information content (AvgIpc) is 3.24. The Hall–Kier alpha value is 0.424. The minimum atomic E-state index is -4.47. The number of fused-ring (bicyclic) bond motifs is 1. The molecule has 0 spiro atoms. The van der Waals surface area contributed by atoms with Gasteiger partial charge in [-0.05, 0) is 31.6 Å². The standard InChI is InChI=1S/C18H27F3N6O.2U/c1-12-8-15(28)27(9-12)17(11-22)4-2-13(3-5-17)25-6-7-26-14(10-25)23-24-16(26)18(19,20)21;;/h12-13H,2-11,22H2,1H3;;. The molecule has 3 heterocycles. The van der Waals surface area contributed by atoms with Crippen molar-refractivity contribution in [2.75, 3.05) is 19.6 Å². The molecule has 164 valence electrons. The van der Waals surface area contributed by atoms with Gasteiger partial charge < -0.3 is 15.2 Å². The van der Waals surface area contributed by atoms with E-state index in [0.29, 0.717) is 37.8 Å². The molecular weight excluding hydrogens is 849 g/mol. The molecule has 2 N–H and O–H groups in total. The second-order valence-electron chi connectivity index (χ2n) is 8.53. The maximum absolute atomic E-state index is 13.0. The third-order valence-electron chi connectivity index (χ3n) is 6.71. The van der Waals surface area contributed by atoms with Crippen LogP contribution >= 0.6 is 0 Å². The largest absolute Gasteiger partial charge is 0.451 e. The number of carbonyl (C=O) groups is 1. The maximum atomic E-state index is 13.0. The molecule has 3 aliphatic rings. The fraction of sp³-hybridized carbons (Fsp3) is 0.833. The molecule has 0 radical (unpaired) electrons. The second-order valence-corrected chi connectivity index (χ2v) is 8.53. The van der Waals surface area contributed by atoms with Crippen LogP contribution in [0.15, 0.2) is 0 Å². The number of amides is 1. The van der Waals surface area contributed by atoms with Gasteiger partial charge in [-0.2, -0.15) is 13.2 Å². The number of aromatic nitrogens is 3. The molecule has 2 aliphatic heterocycles. The molecular formula is C18H27F3N6OU2. The predicted octanol–water partition coefficient (Wildman–Crippen LogP) is 1.62. The average molecular weight is 877 g/mol. The van der Waals surface area contributed by atoms with Crippen LogP contribution in [-0.4, -0.2) is 61.7 Å². The van der Waals surface area contributed by atoms with E-state index in [1.54, 1.807) is 0 Å². The van der Waals surface area contributed by atoms with E-state index in [2.05, 4.69) is 22.0 Å². The van der Waals surface area contributed by atoms with E-state index >= 15 is 0 Å². The molecule has 30 heavy (non-hydrogen) atoms. The molecule has 0 aromatic carbocycles. The number of hydrogen-bond acceptors (Lipinski definition) is 5. The van der Waals surface area contributed by atoms with Crippen molar-refractivity contribution in [1.29, 1.82) is 0 Å². The Morgan fingerprint density at radius 1 is 1.17 bits per heavy atom.